The lowest BCUT2D eigenvalue weighted by Gasteiger charge is -2.28. The van der Waals surface area contributed by atoms with Gasteiger partial charge < -0.3 is 15.0 Å². The van der Waals surface area contributed by atoms with Crippen molar-refractivity contribution in [1.82, 2.24) is 10.3 Å². The first-order valence-electron chi connectivity index (χ1n) is 8.50. The van der Waals surface area contributed by atoms with Gasteiger partial charge in [0.2, 0.25) is 0 Å². The van der Waals surface area contributed by atoms with Crippen LogP contribution < -0.4 is 10.2 Å². The number of amides is 1. The van der Waals surface area contributed by atoms with Gasteiger partial charge >= 0.3 is 0 Å². The molecule has 0 radical (unpaired) electrons. The van der Waals surface area contributed by atoms with E-state index >= 15 is 0 Å². The maximum Gasteiger partial charge on any atom is 0.261 e. The Kier molecular flexibility index (Phi) is 6.34. The topological polar surface area (TPSA) is 54.5 Å². The van der Waals surface area contributed by atoms with Crippen molar-refractivity contribution in [2.24, 2.45) is 0 Å². The van der Waals surface area contributed by atoms with Crippen molar-refractivity contribution in [3.8, 4) is 0 Å². The Morgan fingerprint density at radius 3 is 3.12 bits per heavy atom. The number of aromatic nitrogens is 1. The third-order valence-electron chi connectivity index (χ3n) is 3.74. The summed E-state index contributed by atoms with van der Waals surface area (Å²) in [5.74, 6) is 0.984. The maximum atomic E-state index is 12.3. The predicted octanol–water partition coefficient (Wildman–Crippen LogP) is 3.93. The summed E-state index contributed by atoms with van der Waals surface area (Å²) in [5.41, 5.74) is 1.12. The average molecular weight is 378 g/mol. The molecule has 1 N–H and O–H groups in total. The number of nitrogens with one attached hydrogen (secondary N) is 1. The van der Waals surface area contributed by atoms with E-state index in [1.807, 2.05) is 38.2 Å². The van der Waals surface area contributed by atoms with E-state index in [2.05, 4.69) is 21.3 Å². The number of hydrogen-bond acceptors (Lipinski definition) is 6. The van der Waals surface area contributed by atoms with Crippen LogP contribution in [0.3, 0.4) is 0 Å². The van der Waals surface area contributed by atoms with Gasteiger partial charge in [-0.3, -0.25) is 4.79 Å². The first-order valence-corrected chi connectivity index (χ1v) is 10.3. The molecule has 0 fully saturated rings. The molecule has 2 aromatic rings. The highest BCUT2D eigenvalue weighted by molar-refractivity contribution is 7.99. The van der Waals surface area contributed by atoms with E-state index in [1.54, 1.807) is 11.8 Å². The van der Waals surface area contributed by atoms with Crippen molar-refractivity contribution in [3.63, 3.8) is 0 Å². The summed E-state index contributed by atoms with van der Waals surface area (Å²) in [6.45, 7) is 6.25. The molecule has 0 aromatic carbocycles. The fourth-order valence-electron chi connectivity index (χ4n) is 2.56. The van der Waals surface area contributed by atoms with Crippen molar-refractivity contribution in [3.05, 3.63) is 35.3 Å². The van der Waals surface area contributed by atoms with E-state index < -0.39 is 0 Å². The van der Waals surface area contributed by atoms with Crippen LogP contribution in [0.2, 0.25) is 0 Å². The molecule has 0 spiro atoms. The van der Waals surface area contributed by atoms with Crippen LogP contribution in [0.4, 0.5) is 10.7 Å². The molecule has 0 saturated carbocycles. The molecular formula is C18H23N3O2S2. The van der Waals surface area contributed by atoms with Gasteiger partial charge in [0.25, 0.3) is 5.91 Å². The molecule has 3 rings (SSSR count). The Bertz CT molecular complexity index is 718. The van der Waals surface area contributed by atoms with Gasteiger partial charge in [-0.2, -0.15) is 0 Å². The summed E-state index contributed by atoms with van der Waals surface area (Å²) >= 11 is 3.30. The smallest absolute Gasteiger partial charge is 0.261 e. The van der Waals surface area contributed by atoms with E-state index in [0.29, 0.717) is 13.2 Å². The summed E-state index contributed by atoms with van der Waals surface area (Å²) in [6, 6.07) is 7.97. The molecule has 3 heterocycles. The standard InChI is InChI=1S/C18H23N3O2S2/c1-13(2)23-11-4-9-19-17(22)15-6-7-16(25-15)21-10-12-24-18-14(21)5-3-8-20-18/h3,5-8,13H,4,9-12H2,1-2H3,(H,19,22). The third-order valence-corrected chi connectivity index (χ3v) is 5.82. The first-order chi connectivity index (χ1) is 12.1. The Morgan fingerprint density at radius 2 is 2.28 bits per heavy atom. The van der Waals surface area contributed by atoms with Crippen LogP contribution in [0.5, 0.6) is 0 Å². The molecular weight excluding hydrogens is 354 g/mol. The summed E-state index contributed by atoms with van der Waals surface area (Å²) in [7, 11) is 0. The number of nitrogens with zero attached hydrogens (tertiary/aromatic N) is 2. The van der Waals surface area contributed by atoms with Gasteiger partial charge in [-0.15, -0.1) is 23.1 Å². The monoisotopic (exact) mass is 377 g/mol. The number of carbonyl (C=O) groups is 1. The second-order valence-electron chi connectivity index (χ2n) is 5.99. The molecule has 0 aliphatic carbocycles. The zero-order valence-electron chi connectivity index (χ0n) is 14.5. The normalized spacial score (nSPS) is 13.8. The number of pyridine rings is 1. The largest absolute Gasteiger partial charge is 0.379 e. The highest BCUT2D eigenvalue weighted by Crippen LogP contribution is 2.39. The zero-order chi connectivity index (χ0) is 17.6. The first kappa shape index (κ1) is 18.2. The van der Waals surface area contributed by atoms with Gasteiger partial charge in [0, 0.05) is 31.6 Å². The molecule has 134 valence electrons. The Morgan fingerprint density at radius 1 is 1.40 bits per heavy atom. The van der Waals surface area contributed by atoms with Gasteiger partial charge in [-0.25, -0.2) is 4.98 Å². The highest BCUT2D eigenvalue weighted by atomic mass is 32.2. The van der Waals surface area contributed by atoms with E-state index in [4.69, 9.17) is 4.74 Å². The van der Waals surface area contributed by atoms with Crippen LogP contribution in [0.25, 0.3) is 0 Å². The summed E-state index contributed by atoms with van der Waals surface area (Å²) < 4.78 is 5.48. The van der Waals surface area contributed by atoms with Crippen LogP contribution in [0, 0.1) is 0 Å². The lowest BCUT2D eigenvalue weighted by molar-refractivity contribution is 0.0757. The van der Waals surface area contributed by atoms with Crippen LogP contribution >= 0.6 is 23.1 Å². The van der Waals surface area contributed by atoms with E-state index in [9.17, 15) is 4.79 Å². The van der Waals surface area contributed by atoms with Crippen LogP contribution in [0.1, 0.15) is 29.9 Å². The van der Waals surface area contributed by atoms with Gasteiger partial charge in [0.15, 0.2) is 0 Å². The summed E-state index contributed by atoms with van der Waals surface area (Å²) in [5, 5.41) is 5.10. The van der Waals surface area contributed by atoms with Gasteiger partial charge in [-0.1, -0.05) is 0 Å². The number of hydrogen-bond donors (Lipinski definition) is 1. The molecule has 2 aromatic heterocycles. The van der Waals surface area contributed by atoms with Crippen LogP contribution in [-0.4, -0.2) is 42.4 Å². The lowest BCUT2D eigenvalue weighted by atomic mass is 10.3. The molecule has 25 heavy (non-hydrogen) atoms. The van der Waals surface area contributed by atoms with Crippen molar-refractivity contribution in [2.75, 3.05) is 30.3 Å². The van der Waals surface area contributed by atoms with Gasteiger partial charge in [0.1, 0.15) is 5.03 Å². The molecule has 7 heteroatoms. The molecule has 0 atom stereocenters. The van der Waals surface area contributed by atoms with Crippen LogP contribution in [0.15, 0.2) is 35.5 Å². The predicted molar refractivity (Wildman–Crippen MR) is 104 cm³/mol. The number of rotatable bonds is 7. The SMILES string of the molecule is CC(C)OCCCNC(=O)c1ccc(N2CCSc3ncccc32)s1. The number of anilines is 2. The Balaban J connectivity index is 1.58. The minimum Gasteiger partial charge on any atom is -0.379 e. The number of thiophene rings is 1. The number of ether oxygens (including phenoxy) is 1. The highest BCUT2D eigenvalue weighted by Gasteiger charge is 2.21. The average Bonchev–Trinajstić information content (AvgIpc) is 3.10. The zero-order valence-corrected chi connectivity index (χ0v) is 16.2. The molecule has 0 unspecified atom stereocenters. The molecule has 0 bridgehead atoms. The fraction of sp³-hybridized carbons (Fsp3) is 0.444. The van der Waals surface area contributed by atoms with E-state index in [1.165, 1.54) is 11.3 Å². The molecule has 1 amide bonds. The van der Waals surface area contributed by atoms with Gasteiger partial charge in [0.05, 0.1) is 21.7 Å². The minimum atomic E-state index is -0.0152. The molecule has 1 aliphatic heterocycles. The summed E-state index contributed by atoms with van der Waals surface area (Å²) in [6.07, 6.45) is 2.88. The van der Waals surface area contributed by atoms with Crippen molar-refractivity contribution >= 4 is 39.7 Å². The summed E-state index contributed by atoms with van der Waals surface area (Å²) in [4.78, 5) is 19.7. The van der Waals surface area contributed by atoms with Crippen molar-refractivity contribution in [2.45, 2.75) is 31.4 Å². The van der Waals surface area contributed by atoms with E-state index in [-0.39, 0.29) is 12.0 Å². The van der Waals surface area contributed by atoms with Crippen molar-refractivity contribution in [1.29, 1.82) is 0 Å². The van der Waals surface area contributed by atoms with Gasteiger partial charge in [-0.05, 0) is 44.5 Å². The fourth-order valence-corrected chi connectivity index (χ4v) is 4.45. The molecule has 1 aliphatic rings. The maximum absolute atomic E-state index is 12.3. The number of fused-ring (bicyclic) bond motifs is 1. The second-order valence-corrected chi connectivity index (χ2v) is 8.14. The second kappa shape index (κ2) is 8.69. The van der Waals surface area contributed by atoms with Crippen LogP contribution in [-0.2, 0) is 4.74 Å². The Labute approximate surface area is 156 Å². The number of carbonyl (C=O) groups excluding carboxylic acids is 1. The number of thioether (sulfide) groups is 1. The lowest BCUT2D eigenvalue weighted by Crippen LogP contribution is -2.25. The molecule has 5 nitrogen and oxygen atoms in total. The molecule has 0 saturated heterocycles. The Hall–Kier alpha value is -1.57. The minimum absolute atomic E-state index is 0.0152. The van der Waals surface area contributed by atoms with Crippen molar-refractivity contribution < 1.29 is 9.53 Å². The van der Waals surface area contributed by atoms with E-state index in [0.717, 1.165) is 39.3 Å². The third kappa shape index (κ3) is 4.74. The quantitative estimate of drug-likeness (QED) is 0.741.